The lowest BCUT2D eigenvalue weighted by Crippen LogP contribution is -2.42. The predicted molar refractivity (Wildman–Crippen MR) is 102 cm³/mol. The number of Topliss-reactive ketones (excluding diaryl/α,β-unsaturated/α-hetero) is 1. The van der Waals surface area contributed by atoms with Crippen LogP contribution in [0.4, 0.5) is 0 Å². The molecule has 1 atom stereocenters. The highest BCUT2D eigenvalue weighted by Gasteiger charge is 2.29. The van der Waals surface area contributed by atoms with E-state index in [-0.39, 0.29) is 17.6 Å². The van der Waals surface area contributed by atoms with E-state index >= 15 is 0 Å². The van der Waals surface area contributed by atoms with Gasteiger partial charge in [0.05, 0.1) is 5.56 Å². The molecular formula is C21H19N5O2. The molecule has 0 N–H and O–H groups in total. The number of aromatic nitrogens is 4. The summed E-state index contributed by atoms with van der Waals surface area (Å²) in [4.78, 5) is 43.9. The van der Waals surface area contributed by atoms with E-state index in [4.69, 9.17) is 0 Å². The van der Waals surface area contributed by atoms with Crippen LogP contribution in [0.1, 0.15) is 33.6 Å². The first-order valence-corrected chi connectivity index (χ1v) is 9.18. The van der Waals surface area contributed by atoms with E-state index in [0.717, 1.165) is 18.4 Å². The number of nitrogens with zero attached hydrogens (tertiary/aromatic N) is 5. The largest absolute Gasteiger partial charge is 0.338 e. The second-order valence-corrected chi connectivity index (χ2v) is 6.73. The standard InChI is InChI=1S/C21H19N5O2/c27-19(16-3-1-7-23-11-16)17-4-2-10-26(14-17)21(28)18-12-24-20(25-13-18)15-5-8-22-9-6-15/h1,3,5-9,11-13,17H,2,4,10,14H2. The molecule has 3 aromatic heterocycles. The van der Waals surface area contributed by atoms with E-state index < -0.39 is 0 Å². The molecule has 0 aromatic carbocycles. The lowest BCUT2D eigenvalue weighted by molar-refractivity contribution is 0.0636. The number of amides is 1. The Labute approximate surface area is 162 Å². The van der Waals surface area contributed by atoms with Crippen molar-refractivity contribution in [3.05, 3.63) is 72.6 Å². The number of rotatable bonds is 4. The Kier molecular flexibility index (Phi) is 5.14. The van der Waals surface area contributed by atoms with E-state index in [9.17, 15) is 9.59 Å². The Balaban J connectivity index is 1.46. The molecule has 0 radical (unpaired) electrons. The van der Waals surface area contributed by atoms with Crippen LogP contribution in [0, 0.1) is 5.92 Å². The minimum Gasteiger partial charge on any atom is -0.338 e. The molecule has 0 spiro atoms. The molecule has 0 aliphatic carbocycles. The Morgan fingerprint density at radius 1 is 0.929 bits per heavy atom. The van der Waals surface area contributed by atoms with Gasteiger partial charge in [-0.2, -0.15) is 0 Å². The van der Waals surface area contributed by atoms with Crippen LogP contribution < -0.4 is 0 Å². The third-order valence-electron chi connectivity index (χ3n) is 4.86. The van der Waals surface area contributed by atoms with E-state index in [2.05, 4.69) is 19.9 Å². The SMILES string of the molecule is O=C(c1cccnc1)C1CCCN(C(=O)c2cnc(-c3ccncc3)nc2)C1. The molecule has 0 saturated carbocycles. The van der Waals surface area contributed by atoms with Gasteiger partial charge in [0, 0.05) is 67.3 Å². The van der Waals surface area contributed by atoms with Gasteiger partial charge in [0.15, 0.2) is 11.6 Å². The van der Waals surface area contributed by atoms with Crippen molar-refractivity contribution in [2.45, 2.75) is 12.8 Å². The third-order valence-corrected chi connectivity index (χ3v) is 4.86. The van der Waals surface area contributed by atoms with Gasteiger partial charge in [-0.25, -0.2) is 9.97 Å². The Morgan fingerprint density at radius 2 is 1.71 bits per heavy atom. The molecule has 7 heteroatoms. The number of carbonyl (C=O) groups is 2. The predicted octanol–water partition coefficient (Wildman–Crippen LogP) is 2.67. The lowest BCUT2D eigenvalue weighted by atomic mass is 9.90. The van der Waals surface area contributed by atoms with Crippen molar-refractivity contribution in [2.24, 2.45) is 5.92 Å². The van der Waals surface area contributed by atoms with Crippen LogP contribution in [0.15, 0.2) is 61.4 Å². The van der Waals surface area contributed by atoms with E-state index in [1.54, 1.807) is 41.8 Å². The topological polar surface area (TPSA) is 88.9 Å². The van der Waals surface area contributed by atoms with Gasteiger partial charge >= 0.3 is 0 Å². The highest BCUT2D eigenvalue weighted by Crippen LogP contribution is 2.22. The van der Waals surface area contributed by atoms with Crippen molar-refractivity contribution >= 4 is 11.7 Å². The fourth-order valence-corrected chi connectivity index (χ4v) is 3.39. The van der Waals surface area contributed by atoms with Crippen molar-refractivity contribution in [3.8, 4) is 11.4 Å². The fourth-order valence-electron chi connectivity index (χ4n) is 3.39. The van der Waals surface area contributed by atoms with Crippen molar-refractivity contribution in [1.29, 1.82) is 0 Å². The summed E-state index contributed by atoms with van der Waals surface area (Å²) >= 11 is 0. The molecule has 1 fully saturated rings. The average molecular weight is 373 g/mol. The molecular weight excluding hydrogens is 354 g/mol. The highest BCUT2D eigenvalue weighted by atomic mass is 16.2. The summed E-state index contributed by atoms with van der Waals surface area (Å²) in [6.07, 6.45) is 11.2. The van der Waals surface area contributed by atoms with Gasteiger partial charge in [0.1, 0.15) is 0 Å². The molecule has 140 valence electrons. The van der Waals surface area contributed by atoms with Crippen molar-refractivity contribution in [1.82, 2.24) is 24.8 Å². The van der Waals surface area contributed by atoms with Crippen LogP contribution >= 0.6 is 0 Å². The molecule has 4 heterocycles. The normalized spacial score (nSPS) is 16.6. The summed E-state index contributed by atoms with van der Waals surface area (Å²) in [5, 5.41) is 0. The monoisotopic (exact) mass is 373 g/mol. The molecule has 1 aliphatic rings. The second kappa shape index (κ2) is 8.04. The number of ketones is 1. The smallest absolute Gasteiger partial charge is 0.257 e. The minimum absolute atomic E-state index is 0.0369. The number of hydrogen-bond acceptors (Lipinski definition) is 6. The quantitative estimate of drug-likeness (QED) is 0.653. The second-order valence-electron chi connectivity index (χ2n) is 6.73. The van der Waals surface area contributed by atoms with Crippen LogP contribution in [0.3, 0.4) is 0 Å². The maximum absolute atomic E-state index is 12.9. The average Bonchev–Trinajstić information content (AvgIpc) is 2.79. The molecule has 4 rings (SSSR count). The number of likely N-dealkylation sites (tertiary alicyclic amines) is 1. The molecule has 28 heavy (non-hydrogen) atoms. The first-order valence-electron chi connectivity index (χ1n) is 9.18. The first kappa shape index (κ1) is 17.9. The van der Waals surface area contributed by atoms with Crippen molar-refractivity contribution in [3.63, 3.8) is 0 Å². The van der Waals surface area contributed by atoms with Crippen molar-refractivity contribution in [2.75, 3.05) is 13.1 Å². The van der Waals surface area contributed by atoms with Gasteiger partial charge in [-0.3, -0.25) is 19.6 Å². The van der Waals surface area contributed by atoms with Crippen LogP contribution in [-0.2, 0) is 0 Å². The molecule has 1 aliphatic heterocycles. The molecule has 7 nitrogen and oxygen atoms in total. The number of pyridine rings is 2. The lowest BCUT2D eigenvalue weighted by Gasteiger charge is -2.32. The third kappa shape index (κ3) is 3.78. The van der Waals surface area contributed by atoms with E-state index in [1.165, 1.54) is 12.4 Å². The van der Waals surface area contributed by atoms with Crippen LogP contribution in [0.25, 0.3) is 11.4 Å². The Morgan fingerprint density at radius 3 is 2.43 bits per heavy atom. The zero-order valence-electron chi connectivity index (χ0n) is 15.2. The first-order chi connectivity index (χ1) is 13.7. The van der Waals surface area contributed by atoms with Gasteiger partial charge in [-0.15, -0.1) is 0 Å². The molecule has 3 aromatic rings. The summed E-state index contributed by atoms with van der Waals surface area (Å²) in [6, 6.07) is 7.15. The van der Waals surface area contributed by atoms with Gasteiger partial charge in [-0.05, 0) is 37.1 Å². The van der Waals surface area contributed by atoms with Crippen molar-refractivity contribution < 1.29 is 9.59 Å². The Bertz CT molecular complexity index is 961. The zero-order chi connectivity index (χ0) is 19.3. The molecule has 1 unspecified atom stereocenters. The van der Waals surface area contributed by atoms with Crippen LogP contribution in [-0.4, -0.2) is 49.6 Å². The Hall–Kier alpha value is -3.48. The van der Waals surface area contributed by atoms with E-state index in [1.807, 2.05) is 12.1 Å². The van der Waals surface area contributed by atoms with Gasteiger partial charge in [0.2, 0.25) is 0 Å². The maximum Gasteiger partial charge on any atom is 0.257 e. The number of hydrogen-bond donors (Lipinski definition) is 0. The van der Waals surface area contributed by atoms with Crippen LogP contribution in [0.2, 0.25) is 0 Å². The van der Waals surface area contributed by atoms with Gasteiger partial charge in [-0.1, -0.05) is 0 Å². The summed E-state index contributed by atoms with van der Waals surface area (Å²) in [5.74, 6) is 0.223. The molecule has 1 amide bonds. The fraction of sp³-hybridized carbons (Fsp3) is 0.238. The summed E-state index contributed by atoms with van der Waals surface area (Å²) in [7, 11) is 0. The van der Waals surface area contributed by atoms with E-state index in [0.29, 0.717) is 30.0 Å². The minimum atomic E-state index is -0.209. The molecule has 1 saturated heterocycles. The van der Waals surface area contributed by atoms with Gasteiger partial charge in [0.25, 0.3) is 5.91 Å². The van der Waals surface area contributed by atoms with Crippen LogP contribution in [0.5, 0.6) is 0 Å². The van der Waals surface area contributed by atoms with Gasteiger partial charge < -0.3 is 4.90 Å². The highest BCUT2D eigenvalue weighted by molar-refractivity contribution is 5.99. The number of carbonyl (C=O) groups excluding carboxylic acids is 2. The maximum atomic E-state index is 12.9. The number of piperidine rings is 1. The summed E-state index contributed by atoms with van der Waals surface area (Å²) in [6.45, 7) is 1.03. The summed E-state index contributed by atoms with van der Waals surface area (Å²) < 4.78 is 0. The zero-order valence-corrected chi connectivity index (χ0v) is 15.2. The molecule has 0 bridgehead atoms. The summed E-state index contributed by atoms with van der Waals surface area (Å²) in [5.41, 5.74) is 1.85.